The number of methoxy groups -OCH3 is 1. The molecule has 136 valence electrons. The minimum atomic E-state index is -1.10. The van der Waals surface area contributed by atoms with Crippen molar-refractivity contribution in [2.45, 2.75) is 24.9 Å². The van der Waals surface area contributed by atoms with Gasteiger partial charge >= 0.3 is 6.09 Å². The summed E-state index contributed by atoms with van der Waals surface area (Å²) in [4.78, 5) is 35.4. The van der Waals surface area contributed by atoms with Crippen molar-refractivity contribution in [3.63, 3.8) is 0 Å². The molecule has 2 amide bonds. The van der Waals surface area contributed by atoms with E-state index in [1.54, 1.807) is 7.05 Å². The minimum Gasteiger partial charge on any atom is -0.494 e. The number of nitro benzene ring substituents is 1. The van der Waals surface area contributed by atoms with Crippen LogP contribution in [0, 0.1) is 10.1 Å². The van der Waals surface area contributed by atoms with Crippen LogP contribution in [0.1, 0.15) is 23.2 Å². The fourth-order valence-electron chi connectivity index (χ4n) is 2.85. The maximum Gasteiger partial charge on any atom is 0.404 e. The summed E-state index contributed by atoms with van der Waals surface area (Å²) in [5.41, 5.74) is 0.0818. The molecule has 25 heavy (non-hydrogen) atoms. The van der Waals surface area contributed by atoms with Crippen LogP contribution in [0.2, 0.25) is 0 Å². The molecule has 10 nitrogen and oxygen atoms in total. The quantitative estimate of drug-likeness (QED) is 0.522. The van der Waals surface area contributed by atoms with E-state index in [1.165, 1.54) is 31.2 Å². The monoisotopic (exact) mass is 352 g/mol. The summed E-state index contributed by atoms with van der Waals surface area (Å²) in [6, 6.07) is 2.34. The summed E-state index contributed by atoms with van der Waals surface area (Å²) in [6.07, 6.45) is -0.0921. The Morgan fingerprint density at radius 1 is 1.40 bits per heavy atom. The number of carbonyl (C=O) groups is 2. The van der Waals surface area contributed by atoms with Crippen molar-refractivity contribution in [1.29, 1.82) is 0 Å². The Labute approximate surface area is 143 Å². The van der Waals surface area contributed by atoms with Gasteiger partial charge in [0.1, 0.15) is 5.75 Å². The summed E-state index contributed by atoms with van der Waals surface area (Å²) in [5.74, 6) is -0.185. The highest BCUT2D eigenvalue weighted by Gasteiger charge is 2.36. The zero-order valence-corrected chi connectivity index (χ0v) is 14.1. The van der Waals surface area contributed by atoms with Gasteiger partial charge in [-0.05, 0) is 18.9 Å². The van der Waals surface area contributed by atoms with E-state index in [2.05, 4.69) is 10.6 Å². The van der Waals surface area contributed by atoms with Gasteiger partial charge in [-0.2, -0.15) is 0 Å². The van der Waals surface area contributed by atoms with Crippen molar-refractivity contribution in [2.75, 3.05) is 26.5 Å². The Kier molecular flexibility index (Phi) is 5.30. The van der Waals surface area contributed by atoms with Gasteiger partial charge in [0.25, 0.3) is 11.6 Å². The highest BCUT2D eigenvalue weighted by atomic mass is 16.6. The maximum absolute atomic E-state index is 12.6. The van der Waals surface area contributed by atoms with Crippen LogP contribution in [0.4, 0.5) is 16.2 Å². The number of carbonyl (C=O) groups excluding carboxylic acids is 1. The first-order chi connectivity index (χ1) is 11.8. The second-order valence-corrected chi connectivity index (χ2v) is 5.77. The summed E-state index contributed by atoms with van der Waals surface area (Å²) >= 11 is 0. The molecule has 0 atom stereocenters. The Morgan fingerprint density at radius 3 is 2.52 bits per heavy atom. The van der Waals surface area contributed by atoms with Crippen LogP contribution >= 0.6 is 0 Å². The molecule has 1 saturated carbocycles. The molecule has 1 aliphatic carbocycles. The van der Waals surface area contributed by atoms with Gasteiger partial charge < -0.3 is 25.4 Å². The molecule has 1 aliphatic rings. The molecule has 0 aromatic heterocycles. The van der Waals surface area contributed by atoms with Crippen molar-refractivity contribution >= 4 is 23.4 Å². The van der Waals surface area contributed by atoms with Gasteiger partial charge in [-0.1, -0.05) is 0 Å². The number of nitro groups is 1. The van der Waals surface area contributed by atoms with Gasteiger partial charge in [0, 0.05) is 32.2 Å². The molecule has 0 bridgehead atoms. The van der Waals surface area contributed by atoms with Crippen molar-refractivity contribution in [3.8, 4) is 5.75 Å². The zero-order valence-electron chi connectivity index (χ0n) is 14.1. The molecule has 10 heteroatoms. The SMILES string of the molecule is CNc1c(OC)cc(C(=O)N(C)C2CC(NC(=O)O)C2)cc1[N+](=O)[O-]. The smallest absolute Gasteiger partial charge is 0.404 e. The number of benzene rings is 1. The average Bonchev–Trinajstić information content (AvgIpc) is 2.54. The molecule has 2 rings (SSSR count). The van der Waals surface area contributed by atoms with Crippen molar-refractivity contribution in [1.82, 2.24) is 10.2 Å². The topological polar surface area (TPSA) is 134 Å². The first-order valence-corrected chi connectivity index (χ1v) is 7.59. The summed E-state index contributed by atoms with van der Waals surface area (Å²) < 4.78 is 5.15. The number of rotatable bonds is 6. The minimum absolute atomic E-state index is 0.127. The lowest BCUT2D eigenvalue weighted by Crippen LogP contribution is -2.54. The molecule has 0 unspecified atom stereocenters. The van der Waals surface area contributed by atoms with Crippen LogP contribution in [-0.4, -0.2) is 60.2 Å². The van der Waals surface area contributed by atoms with Crippen molar-refractivity contribution in [3.05, 3.63) is 27.8 Å². The van der Waals surface area contributed by atoms with Crippen molar-refractivity contribution in [2.24, 2.45) is 0 Å². The Balaban J connectivity index is 2.20. The zero-order chi connectivity index (χ0) is 18.7. The molecule has 1 aromatic carbocycles. The van der Waals surface area contributed by atoms with Crippen LogP contribution in [0.25, 0.3) is 0 Å². The standard InChI is InChI=1S/C15H20N4O6/c1-16-13-11(19(23)24)4-8(5-12(13)25-3)14(20)18(2)10-6-9(7-10)17-15(21)22/h4-5,9-10,16-17H,6-7H2,1-3H3,(H,21,22). The van der Waals surface area contributed by atoms with E-state index in [0.29, 0.717) is 12.8 Å². The first kappa shape index (κ1) is 18.3. The Bertz CT molecular complexity index is 702. The lowest BCUT2D eigenvalue weighted by atomic mass is 9.85. The van der Waals surface area contributed by atoms with Crippen LogP contribution in [0.15, 0.2) is 12.1 Å². The Hall–Kier alpha value is -3.04. The molecule has 0 saturated heterocycles. The normalized spacial score (nSPS) is 18.7. The fraction of sp³-hybridized carbons (Fsp3) is 0.467. The predicted octanol–water partition coefficient (Wildman–Crippen LogP) is 1.52. The van der Waals surface area contributed by atoms with Gasteiger partial charge in [-0.3, -0.25) is 14.9 Å². The molecule has 0 aliphatic heterocycles. The number of carboxylic acid groups (broad SMARTS) is 1. The van der Waals surface area contributed by atoms with E-state index in [-0.39, 0.29) is 40.7 Å². The van der Waals surface area contributed by atoms with E-state index in [4.69, 9.17) is 9.84 Å². The number of hydrogen-bond donors (Lipinski definition) is 3. The molecule has 1 fully saturated rings. The number of hydrogen-bond acceptors (Lipinski definition) is 6. The summed E-state index contributed by atoms with van der Waals surface area (Å²) in [5, 5.41) is 25.0. The number of anilines is 1. The molecular weight excluding hydrogens is 332 g/mol. The number of ether oxygens (including phenoxy) is 1. The average molecular weight is 352 g/mol. The molecule has 1 aromatic rings. The third-order valence-corrected chi connectivity index (χ3v) is 4.30. The van der Waals surface area contributed by atoms with E-state index in [9.17, 15) is 19.7 Å². The summed E-state index contributed by atoms with van der Waals surface area (Å²) in [7, 11) is 4.49. The number of nitrogens with zero attached hydrogens (tertiary/aromatic N) is 2. The van der Waals surface area contributed by atoms with Crippen LogP contribution in [-0.2, 0) is 0 Å². The second kappa shape index (κ2) is 7.24. The summed E-state index contributed by atoms with van der Waals surface area (Å²) in [6.45, 7) is 0. The lowest BCUT2D eigenvalue weighted by Gasteiger charge is -2.40. The Morgan fingerprint density at radius 2 is 2.04 bits per heavy atom. The molecule has 3 N–H and O–H groups in total. The van der Waals surface area contributed by atoms with Crippen molar-refractivity contribution < 1.29 is 24.4 Å². The van der Waals surface area contributed by atoms with Crippen LogP contribution in [0.5, 0.6) is 5.75 Å². The van der Waals surface area contributed by atoms with E-state index >= 15 is 0 Å². The molecular formula is C15H20N4O6. The van der Waals surface area contributed by atoms with Gasteiger partial charge in [0.15, 0.2) is 5.69 Å². The number of nitrogens with one attached hydrogen (secondary N) is 2. The van der Waals surface area contributed by atoms with Gasteiger partial charge in [0.05, 0.1) is 17.6 Å². The van der Waals surface area contributed by atoms with Crippen LogP contribution < -0.4 is 15.4 Å². The van der Waals surface area contributed by atoms with Gasteiger partial charge in [-0.25, -0.2) is 4.79 Å². The van der Waals surface area contributed by atoms with E-state index in [0.717, 1.165) is 0 Å². The first-order valence-electron chi connectivity index (χ1n) is 7.59. The van der Waals surface area contributed by atoms with Gasteiger partial charge in [0.2, 0.25) is 0 Å². The van der Waals surface area contributed by atoms with E-state index in [1.807, 2.05) is 0 Å². The molecule has 0 heterocycles. The third-order valence-electron chi connectivity index (χ3n) is 4.30. The maximum atomic E-state index is 12.6. The second-order valence-electron chi connectivity index (χ2n) is 5.77. The highest BCUT2D eigenvalue weighted by Crippen LogP contribution is 2.36. The van der Waals surface area contributed by atoms with E-state index < -0.39 is 11.0 Å². The highest BCUT2D eigenvalue weighted by molar-refractivity contribution is 5.97. The third kappa shape index (κ3) is 3.73. The van der Waals surface area contributed by atoms with Crippen LogP contribution in [0.3, 0.4) is 0 Å². The molecule has 0 radical (unpaired) electrons. The molecule has 0 spiro atoms. The number of amides is 2. The predicted molar refractivity (Wildman–Crippen MR) is 89.3 cm³/mol. The largest absolute Gasteiger partial charge is 0.494 e. The lowest BCUT2D eigenvalue weighted by molar-refractivity contribution is -0.384. The fourth-order valence-corrected chi connectivity index (χ4v) is 2.85. The van der Waals surface area contributed by atoms with Gasteiger partial charge in [-0.15, -0.1) is 0 Å².